The quantitative estimate of drug-likeness (QED) is 0.616. The molecule has 0 fully saturated rings. The Morgan fingerprint density at radius 1 is 1.10 bits per heavy atom. The second kappa shape index (κ2) is 4.91. The summed E-state index contributed by atoms with van der Waals surface area (Å²) in [6.07, 6.45) is 0. The van der Waals surface area contributed by atoms with Gasteiger partial charge in [0.1, 0.15) is 5.58 Å². The predicted molar refractivity (Wildman–Crippen MR) is 83.3 cm³/mol. The lowest BCUT2D eigenvalue weighted by molar-refractivity contribution is 0.101. The molecule has 2 aromatic carbocycles. The molecule has 0 aliphatic rings. The van der Waals surface area contributed by atoms with Crippen LogP contribution in [0.4, 0.5) is 0 Å². The van der Waals surface area contributed by atoms with E-state index in [-0.39, 0.29) is 5.78 Å². The minimum Gasteiger partial charge on any atom is -0.452 e. The van der Waals surface area contributed by atoms with Crippen molar-refractivity contribution in [2.24, 2.45) is 0 Å². The van der Waals surface area contributed by atoms with Crippen molar-refractivity contribution in [3.05, 3.63) is 69.4 Å². The molecule has 0 atom stereocenters. The molecule has 0 aliphatic heterocycles. The summed E-state index contributed by atoms with van der Waals surface area (Å²) in [7, 11) is 0. The van der Waals surface area contributed by atoms with Crippen LogP contribution in [0.1, 0.15) is 27.2 Å². The molecule has 0 N–H and O–H groups in total. The van der Waals surface area contributed by atoms with E-state index in [2.05, 4.69) is 15.9 Å². The molecule has 20 heavy (non-hydrogen) atoms. The van der Waals surface area contributed by atoms with Crippen LogP contribution < -0.4 is 0 Å². The molecular formula is C17H13BrO2. The van der Waals surface area contributed by atoms with Crippen LogP contribution in [0.15, 0.2) is 51.4 Å². The first-order valence-corrected chi connectivity index (χ1v) is 7.16. The number of benzene rings is 2. The number of halogens is 1. The van der Waals surface area contributed by atoms with E-state index in [0.717, 1.165) is 26.6 Å². The first-order chi connectivity index (χ1) is 9.58. The van der Waals surface area contributed by atoms with Gasteiger partial charge in [0.15, 0.2) is 5.76 Å². The van der Waals surface area contributed by atoms with Crippen LogP contribution in [0.3, 0.4) is 0 Å². The smallest absolute Gasteiger partial charge is 0.229 e. The fraction of sp³-hybridized carbons (Fsp3) is 0.118. The van der Waals surface area contributed by atoms with Gasteiger partial charge in [-0.15, -0.1) is 0 Å². The Balaban J connectivity index is 2.18. The summed E-state index contributed by atoms with van der Waals surface area (Å²) in [5, 5.41) is 0.992. The molecule has 3 aromatic rings. The zero-order chi connectivity index (χ0) is 14.3. The van der Waals surface area contributed by atoms with Gasteiger partial charge in [-0.25, -0.2) is 0 Å². The van der Waals surface area contributed by atoms with Gasteiger partial charge in [0.2, 0.25) is 5.78 Å². The van der Waals surface area contributed by atoms with Crippen molar-refractivity contribution >= 4 is 32.7 Å². The Morgan fingerprint density at radius 3 is 2.60 bits per heavy atom. The van der Waals surface area contributed by atoms with Crippen molar-refractivity contribution in [2.75, 3.05) is 0 Å². The molecule has 2 nitrogen and oxygen atoms in total. The zero-order valence-corrected chi connectivity index (χ0v) is 12.8. The van der Waals surface area contributed by atoms with Crippen molar-refractivity contribution in [3.8, 4) is 0 Å². The highest BCUT2D eigenvalue weighted by Gasteiger charge is 2.20. The average molecular weight is 329 g/mol. The van der Waals surface area contributed by atoms with Crippen molar-refractivity contribution in [2.45, 2.75) is 13.8 Å². The number of carbonyl (C=O) groups is 1. The van der Waals surface area contributed by atoms with E-state index < -0.39 is 0 Å². The highest BCUT2D eigenvalue weighted by Crippen LogP contribution is 2.29. The molecule has 100 valence electrons. The SMILES string of the molecule is Cc1ccc2c(C)c(C(=O)c3ccccc3Br)oc2c1. The highest BCUT2D eigenvalue weighted by atomic mass is 79.9. The van der Waals surface area contributed by atoms with Gasteiger partial charge in [0.05, 0.1) is 0 Å². The first-order valence-electron chi connectivity index (χ1n) is 6.37. The van der Waals surface area contributed by atoms with Crippen LogP contribution in [0, 0.1) is 13.8 Å². The number of ketones is 1. The molecule has 0 bridgehead atoms. The Labute approximate surface area is 125 Å². The van der Waals surface area contributed by atoms with E-state index in [1.54, 1.807) is 6.07 Å². The summed E-state index contributed by atoms with van der Waals surface area (Å²) in [4.78, 5) is 12.6. The Hall–Kier alpha value is -1.87. The van der Waals surface area contributed by atoms with Gasteiger partial charge >= 0.3 is 0 Å². The van der Waals surface area contributed by atoms with Gasteiger partial charge in [-0.05, 0) is 37.6 Å². The third-order valence-corrected chi connectivity index (χ3v) is 4.11. The molecule has 3 rings (SSSR count). The van der Waals surface area contributed by atoms with Crippen molar-refractivity contribution < 1.29 is 9.21 Å². The third kappa shape index (κ3) is 2.08. The summed E-state index contributed by atoms with van der Waals surface area (Å²) >= 11 is 3.41. The van der Waals surface area contributed by atoms with Crippen LogP contribution in [0.5, 0.6) is 0 Å². The maximum absolute atomic E-state index is 12.6. The van der Waals surface area contributed by atoms with Crippen LogP contribution in [0.25, 0.3) is 11.0 Å². The summed E-state index contributed by atoms with van der Waals surface area (Å²) in [5.74, 6) is 0.321. The molecule has 1 heterocycles. The van der Waals surface area contributed by atoms with Gasteiger partial charge in [0, 0.05) is 21.0 Å². The van der Waals surface area contributed by atoms with E-state index >= 15 is 0 Å². The van der Waals surface area contributed by atoms with Crippen molar-refractivity contribution in [1.82, 2.24) is 0 Å². The third-order valence-electron chi connectivity index (χ3n) is 3.42. The fourth-order valence-electron chi connectivity index (χ4n) is 2.32. The van der Waals surface area contributed by atoms with Gasteiger partial charge in [-0.3, -0.25) is 4.79 Å². The number of rotatable bonds is 2. The zero-order valence-electron chi connectivity index (χ0n) is 11.2. The highest BCUT2D eigenvalue weighted by molar-refractivity contribution is 9.10. The van der Waals surface area contributed by atoms with Gasteiger partial charge in [-0.2, -0.15) is 0 Å². The maximum atomic E-state index is 12.6. The average Bonchev–Trinajstić information content (AvgIpc) is 2.75. The largest absolute Gasteiger partial charge is 0.452 e. The minimum absolute atomic E-state index is 0.0937. The standard InChI is InChI=1S/C17H13BrO2/c1-10-7-8-12-11(2)17(20-15(12)9-10)16(19)13-5-3-4-6-14(13)18/h3-9H,1-2H3. The molecule has 0 radical (unpaired) electrons. The van der Waals surface area contributed by atoms with Gasteiger partial charge < -0.3 is 4.42 Å². The number of hydrogen-bond acceptors (Lipinski definition) is 2. The molecular weight excluding hydrogens is 316 g/mol. The molecule has 0 unspecified atom stereocenters. The number of carbonyl (C=O) groups excluding carboxylic acids is 1. The molecule has 3 heteroatoms. The fourth-order valence-corrected chi connectivity index (χ4v) is 2.78. The predicted octanol–water partition coefficient (Wildman–Crippen LogP) is 5.04. The molecule has 0 saturated heterocycles. The van der Waals surface area contributed by atoms with Crippen LogP contribution in [-0.4, -0.2) is 5.78 Å². The number of fused-ring (bicyclic) bond motifs is 1. The van der Waals surface area contributed by atoms with E-state index in [9.17, 15) is 4.79 Å². The lowest BCUT2D eigenvalue weighted by Gasteiger charge is -2.01. The minimum atomic E-state index is -0.0937. The molecule has 1 aromatic heterocycles. The van der Waals surface area contributed by atoms with E-state index in [1.165, 1.54) is 0 Å². The summed E-state index contributed by atoms with van der Waals surface area (Å²) in [6.45, 7) is 3.93. The van der Waals surface area contributed by atoms with Gasteiger partial charge in [-0.1, -0.05) is 40.2 Å². The van der Waals surface area contributed by atoms with Crippen LogP contribution >= 0.6 is 15.9 Å². The Kier molecular flexibility index (Phi) is 3.22. The van der Waals surface area contributed by atoms with Crippen molar-refractivity contribution in [1.29, 1.82) is 0 Å². The molecule has 0 amide bonds. The Morgan fingerprint density at radius 2 is 1.85 bits per heavy atom. The summed E-state index contributed by atoms with van der Waals surface area (Å²) in [5.41, 5.74) is 3.39. The number of furan rings is 1. The summed E-state index contributed by atoms with van der Waals surface area (Å²) in [6, 6.07) is 13.4. The lowest BCUT2D eigenvalue weighted by atomic mass is 10.0. The molecule has 0 saturated carbocycles. The first kappa shape index (κ1) is 13.1. The van der Waals surface area contributed by atoms with E-state index in [0.29, 0.717) is 11.3 Å². The van der Waals surface area contributed by atoms with Crippen molar-refractivity contribution in [3.63, 3.8) is 0 Å². The molecule has 0 spiro atoms. The van der Waals surface area contributed by atoms with E-state index in [1.807, 2.05) is 50.2 Å². The Bertz CT molecular complexity index is 815. The van der Waals surface area contributed by atoms with E-state index in [4.69, 9.17) is 4.42 Å². The maximum Gasteiger partial charge on any atom is 0.229 e. The topological polar surface area (TPSA) is 30.2 Å². The normalized spacial score (nSPS) is 10.9. The van der Waals surface area contributed by atoms with Crippen LogP contribution in [0.2, 0.25) is 0 Å². The van der Waals surface area contributed by atoms with Gasteiger partial charge in [0.25, 0.3) is 0 Å². The van der Waals surface area contributed by atoms with Crippen LogP contribution in [-0.2, 0) is 0 Å². The monoisotopic (exact) mass is 328 g/mol. The number of hydrogen-bond donors (Lipinski definition) is 0. The lowest BCUT2D eigenvalue weighted by Crippen LogP contribution is -2.02. The second-order valence-corrected chi connectivity index (χ2v) is 5.72. The molecule has 0 aliphatic carbocycles. The number of aryl methyl sites for hydroxylation is 2. The second-order valence-electron chi connectivity index (χ2n) is 4.86. The summed E-state index contributed by atoms with van der Waals surface area (Å²) < 4.78 is 6.56.